The van der Waals surface area contributed by atoms with Crippen molar-refractivity contribution in [1.29, 1.82) is 0 Å². The number of ether oxygens (including phenoxy) is 2. The van der Waals surface area contributed by atoms with Crippen LogP contribution in [0.1, 0.15) is 35.7 Å². The minimum Gasteiger partial charge on any atom is -0.497 e. The zero-order chi connectivity index (χ0) is 21.9. The number of nitrogens with zero attached hydrogens (tertiary/aromatic N) is 1. The standard InChI is InChI=1S/C22H28N2O5S/c1-15-9-11-24(12-10-15)30(26,27)18-7-5-16(2)19(14-18)22(25)23-20-13-17(28-3)6-8-21(20)29-4/h5-8,13-15H,9-12H2,1-4H3,(H,23,25). The number of amides is 1. The van der Waals surface area contributed by atoms with Crippen molar-refractivity contribution in [2.24, 2.45) is 5.92 Å². The second-order valence-corrected chi connectivity index (χ2v) is 9.52. The second-order valence-electron chi connectivity index (χ2n) is 7.58. The molecule has 1 aliphatic rings. The smallest absolute Gasteiger partial charge is 0.256 e. The lowest BCUT2D eigenvalue weighted by Gasteiger charge is -2.29. The van der Waals surface area contributed by atoms with Gasteiger partial charge in [0, 0.05) is 24.7 Å². The second kappa shape index (κ2) is 9.06. The highest BCUT2D eigenvalue weighted by Gasteiger charge is 2.29. The van der Waals surface area contributed by atoms with E-state index in [1.54, 1.807) is 37.3 Å². The fourth-order valence-corrected chi connectivity index (χ4v) is 4.98. The van der Waals surface area contributed by atoms with E-state index in [-0.39, 0.29) is 4.90 Å². The Morgan fingerprint density at radius 1 is 1.07 bits per heavy atom. The molecule has 0 atom stereocenters. The van der Waals surface area contributed by atoms with E-state index in [1.807, 2.05) is 0 Å². The molecule has 0 aromatic heterocycles. The van der Waals surface area contributed by atoms with E-state index in [1.165, 1.54) is 24.6 Å². The van der Waals surface area contributed by atoms with Crippen LogP contribution >= 0.6 is 0 Å². The number of aryl methyl sites for hydroxylation is 1. The summed E-state index contributed by atoms with van der Waals surface area (Å²) in [5.74, 6) is 1.16. The van der Waals surface area contributed by atoms with Crippen molar-refractivity contribution < 1.29 is 22.7 Å². The van der Waals surface area contributed by atoms with Gasteiger partial charge in [-0.25, -0.2) is 8.42 Å². The highest BCUT2D eigenvalue weighted by molar-refractivity contribution is 7.89. The zero-order valence-electron chi connectivity index (χ0n) is 17.8. The number of piperidine rings is 1. The van der Waals surface area contributed by atoms with Gasteiger partial charge in [-0.2, -0.15) is 4.31 Å². The van der Waals surface area contributed by atoms with Gasteiger partial charge in [-0.05, 0) is 55.5 Å². The van der Waals surface area contributed by atoms with Crippen molar-refractivity contribution in [3.8, 4) is 11.5 Å². The summed E-state index contributed by atoms with van der Waals surface area (Å²) in [6.07, 6.45) is 1.68. The number of benzene rings is 2. The van der Waals surface area contributed by atoms with Gasteiger partial charge in [0.2, 0.25) is 10.0 Å². The van der Waals surface area contributed by atoms with Crippen LogP contribution in [0.3, 0.4) is 0 Å². The quantitative estimate of drug-likeness (QED) is 0.753. The van der Waals surface area contributed by atoms with Gasteiger partial charge in [0.15, 0.2) is 0 Å². The molecule has 0 saturated carbocycles. The molecule has 30 heavy (non-hydrogen) atoms. The van der Waals surface area contributed by atoms with E-state index < -0.39 is 15.9 Å². The molecule has 0 aliphatic carbocycles. The van der Waals surface area contributed by atoms with E-state index in [0.29, 0.717) is 47.3 Å². The fraction of sp³-hybridized carbons (Fsp3) is 0.409. The first-order valence-electron chi connectivity index (χ1n) is 9.90. The maximum Gasteiger partial charge on any atom is 0.256 e. The molecular weight excluding hydrogens is 404 g/mol. The molecule has 1 amide bonds. The number of sulfonamides is 1. The first-order valence-corrected chi connectivity index (χ1v) is 11.3. The van der Waals surface area contributed by atoms with E-state index in [2.05, 4.69) is 12.2 Å². The number of methoxy groups -OCH3 is 2. The Morgan fingerprint density at radius 2 is 1.77 bits per heavy atom. The number of carbonyl (C=O) groups excluding carboxylic acids is 1. The third-order valence-electron chi connectivity index (χ3n) is 5.49. The van der Waals surface area contributed by atoms with Gasteiger partial charge in [0.25, 0.3) is 5.91 Å². The van der Waals surface area contributed by atoms with Crippen molar-refractivity contribution >= 4 is 21.6 Å². The van der Waals surface area contributed by atoms with Crippen LogP contribution in [-0.2, 0) is 10.0 Å². The molecule has 2 aromatic carbocycles. The predicted octanol–water partition coefficient (Wildman–Crippen LogP) is 3.69. The number of hydrogen-bond donors (Lipinski definition) is 1. The van der Waals surface area contributed by atoms with Crippen molar-refractivity contribution in [3.05, 3.63) is 47.5 Å². The molecule has 7 nitrogen and oxygen atoms in total. The molecule has 162 valence electrons. The molecule has 1 aliphatic heterocycles. The summed E-state index contributed by atoms with van der Waals surface area (Å²) in [4.78, 5) is 13.1. The number of rotatable bonds is 6. The Morgan fingerprint density at radius 3 is 2.40 bits per heavy atom. The van der Waals surface area contributed by atoms with Gasteiger partial charge in [-0.1, -0.05) is 13.0 Å². The normalized spacial score (nSPS) is 15.6. The lowest BCUT2D eigenvalue weighted by molar-refractivity contribution is 0.102. The van der Waals surface area contributed by atoms with E-state index >= 15 is 0 Å². The molecule has 0 spiro atoms. The van der Waals surface area contributed by atoms with Gasteiger partial charge in [0.1, 0.15) is 11.5 Å². The monoisotopic (exact) mass is 432 g/mol. The largest absolute Gasteiger partial charge is 0.497 e. The van der Waals surface area contributed by atoms with Crippen LogP contribution in [-0.4, -0.2) is 45.9 Å². The summed E-state index contributed by atoms with van der Waals surface area (Å²) in [5, 5.41) is 2.80. The fourth-order valence-electron chi connectivity index (χ4n) is 3.48. The van der Waals surface area contributed by atoms with E-state index in [4.69, 9.17) is 9.47 Å². The van der Waals surface area contributed by atoms with Crippen LogP contribution < -0.4 is 14.8 Å². The predicted molar refractivity (Wildman–Crippen MR) is 116 cm³/mol. The Kier molecular flexibility index (Phi) is 6.67. The van der Waals surface area contributed by atoms with E-state index in [0.717, 1.165) is 12.8 Å². The molecule has 1 heterocycles. The molecule has 1 N–H and O–H groups in total. The Balaban J connectivity index is 1.89. The van der Waals surface area contributed by atoms with Crippen molar-refractivity contribution in [2.75, 3.05) is 32.6 Å². The highest BCUT2D eigenvalue weighted by atomic mass is 32.2. The van der Waals surface area contributed by atoms with Crippen molar-refractivity contribution in [3.63, 3.8) is 0 Å². The summed E-state index contributed by atoms with van der Waals surface area (Å²) in [5.41, 5.74) is 1.42. The zero-order valence-corrected chi connectivity index (χ0v) is 18.6. The first-order chi connectivity index (χ1) is 14.3. The summed E-state index contributed by atoms with van der Waals surface area (Å²) >= 11 is 0. The van der Waals surface area contributed by atoms with Crippen LogP contribution in [0.25, 0.3) is 0 Å². The maximum absolute atomic E-state index is 13.1. The van der Waals surface area contributed by atoms with Crippen LogP contribution in [0.2, 0.25) is 0 Å². The number of anilines is 1. The lowest BCUT2D eigenvalue weighted by Crippen LogP contribution is -2.38. The van der Waals surface area contributed by atoms with Gasteiger partial charge in [-0.3, -0.25) is 4.79 Å². The van der Waals surface area contributed by atoms with Crippen molar-refractivity contribution in [1.82, 2.24) is 4.31 Å². The third-order valence-corrected chi connectivity index (χ3v) is 7.38. The van der Waals surface area contributed by atoms with Crippen molar-refractivity contribution in [2.45, 2.75) is 31.6 Å². The SMILES string of the molecule is COc1ccc(OC)c(NC(=O)c2cc(S(=O)(=O)N3CCC(C)CC3)ccc2C)c1. The summed E-state index contributed by atoms with van der Waals surface area (Å²) in [6, 6.07) is 9.75. The molecule has 0 bridgehead atoms. The first kappa shape index (κ1) is 22.1. The maximum atomic E-state index is 13.1. The molecule has 2 aromatic rings. The average molecular weight is 433 g/mol. The van der Waals surface area contributed by atoms with E-state index in [9.17, 15) is 13.2 Å². The van der Waals surface area contributed by atoms with Crippen LogP contribution in [0.15, 0.2) is 41.3 Å². The topological polar surface area (TPSA) is 84.9 Å². The Bertz CT molecular complexity index is 1030. The van der Waals surface area contributed by atoms with Gasteiger partial charge >= 0.3 is 0 Å². The summed E-state index contributed by atoms with van der Waals surface area (Å²) in [7, 11) is -0.602. The summed E-state index contributed by atoms with van der Waals surface area (Å²) in [6.45, 7) is 4.90. The van der Waals surface area contributed by atoms with Crippen LogP contribution in [0.4, 0.5) is 5.69 Å². The number of nitrogens with one attached hydrogen (secondary N) is 1. The van der Waals surface area contributed by atoms with Gasteiger partial charge in [-0.15, -0.1) is 0 Å². The average Bonchev–Trinajstić information content (AvgIpc) is 2.74. The molecule has 0 radical (unpaired) electrons. The minimum atomic E-state index is -3.65. The Labute approximate surface area is 178 Å². The minimum absolute atomic E-state index is 0.130. The lowest BCUT2D eigenvalue weighted by atomic mass is 10.0. The van der Waals surface area contributed by atoms with Gasteiger partial charge in [0.05, 0.1) is 24.8 Å². The van der Waals surface area contributed by atoms with Crippen LogP contribution in [0, 0.1) is 12.8 Å². The molecular formula is C22H28N2O5S. The van der Waals surface area contributed by atoms with Crippen LogP contribution in [0.5, 0.6) is 11.5 Å². The molecule has 0 unspecified atom stereocenters. The third kappa shape index (κ3) is 4.60. The number of carbonyl (C=O) groups is 1. The molecule has 1 fully saturated rings. The molecule has 8 heteroatoms. The number of hydrogen-bond acceptors (Lipinski definition) is 5. The van der Waals surface area contributed by atoms with Gasteiger partial charge < -0.3 is 14.8 Å². The molecule has 3 rings (SSSR count). The molecule has 1 saturated heterocycles. The Hall–Kier alpha value is -2.58. The highest BCUT2D eigenvalue weighted by Crippen LogP contribution is 2.30. The summed E-state index contributed by atoms with van der Waals surface area (Å²) < 4.78 is 38.2.